The fourth-order valence-corrected chi connectivity index (χ4v) is 3.81. The van der Waals surface area contributed by atoms with E-state index in [1.54, 1.807) is 0 Å². The van der Waals surface area contributed by atoms with E-state index in [1.165, 1.54) is 17.5 Å². The first-order chi connectivity index (χ1) is 11.7. The van der Waals surface area contributed by atoms with Gasteiger partial charge in [-0.1, -0.05) is 29.8 Å². The summed E-state index contributed by atoms with van der Waals surface area (Å²) in [5, 5.41) is 6.51. The van der Waals surface area contributed by atoms with Crippen LogP contribution < -0.4 is 10.6 Å². The minimum absolute atomic E-state index is 0.110. The third kappa shape index (κ3) is 4.81. The lowest BCUT2D eigenvalue weighted by molar-refractivity contribution is -0.122. The molecule has 0 radical (unpaired) electrons. The van der Waals surface area contributed by atoms with Gasteiger partial charge in [0.25, 0.3) is 0 Å². The Balaban J connectivity index is 1.48. The number of rotatable bonds is 6. The molecule has 1 aromatic rings. The van der Waals surface area contributed by atoms with E-state index < -0.39 is 0 Å². The van der Waals surface area contributed by atoms with Gasteiger partial charge in [0.1, 0.15) is 0 Å². The molecule has 2 heterocycles. The molecule has 4 nitrogen and oxygen atoms in total. The fraction of sp³-hybridized carbons (Fsp3) is 0.650. The smallest absolute Gasteiger partial charge is 0.220 e. The average molecular weight is 330 g/mol. The zero-order valence-corrected chi connectivity index (χ0v) is 14.7. The Kier molecular flexibility index (Phi) is 6.27. The van der Waals surface area contributed by atoms with Crippen LogP contribution in [0.1, 0.15) is 49.3 Å². The molecular formula is C20H30N2O2. The largest absolute Gasteiger partial charge is 0.373 e. The maximum Gasteiger partial charge on any atom is 0.220 e. The predicted molar refractivity (Wildman–Crippen MR) is 95.8 cm³/mol. The molecule has 24 heavy (non-hydrogen) atoms. The second kappa shape index (κ2) is 8.63. The van der Waals surface area contributed by atoms with Gasteiger partial charge in [-0.25, -0.2) is 0 Å². The van der Waals surface area contributed by atoms with E-state index in [1.807, 2.05) is 0 Å². The number of carbonyl (C=O) groups is 1. The number of amides is 1. The molecule has 2 aliphatic heterocycles. The quantitative estimate of drug-likeness (QED) is 0.843. The predicted octanol–water partition coefficient (Wildman–Crippen LogP) is 2.97. The van der Waals surface area contributed by atoms with Gasteiger partial charge in [-0.15, -0.1) is 0 Å². The maximum atomic E-state index is 12.2. The lowest BCUT2D eigenvalue weighted by atomic mass is 9.89. The van der Waals surface area contributed by atoms with Crippen molar-refractivity contribution in [1.29, 1.82) is 0 Å². The van der Waals surface area contributed by atoms with Crippen molar-refractivity contribution in [2.75, 3.05) is 26.2 Å². The van der Waals surface area contributed by atoms with Crippen LogP contribution in [0.3, 0.4) is 0 Å². The molecule has 0 spiro atoms. The molecule has 3 atom stereocenters. The molecular weight excluding hydrogens is 300 g/mol. The maximum absolute atomic E-state index is 12.2. The normalized spacial score (nSPS) is 27.1. The third-order valence-electron chi connectivity index (χ3n) is 5.35. The standard InChI is InChI=1S/C20H30N2O2/c1-15-4-7-17(8-5-15)20-18(3-2-12-24-20)14-22-19(23)9-6-16-10-11-21-13-16/h4-5,7-8,16,18,20-21H,2-3,6,9-14H2,1H3,(H,22,23). The molecule has 0 aliphatic carbocycles. The number of benzene rings is 1. The van der Waals surface area contributed by atoms with Gasteiger partial charge in [0, 0.05) is 25.5 Å². The van der Waals surface area contributed by atoms with Crippen LogP contribution in [0.15, 0.2) is 24.3 Å². The van der Waals surface area contributed by atoms with Crippen LogP contribution in [0, 0.1) is 18.8 Å². The Labute approximate surface area is 145 Å². The van der Waals surface area contributed by atoms with E-state index in [0.717, 1.165) is 45.5 Å². The number of aryl methyl sites for hydroxylation is 1. The highest BCUT2D eigenvalue weighted by Crippen LogP contribution is 2.33. The summed E-state index contributed by atoms with van der Waals surface area (Å²) in [6.07, 6.45) is 5.16. The van der Waals surface area contributed by atoms with Crippen LogP contribution in [-0.2, 0) is 9.53 Å². The number of nitrogens with one attached hydrogen (secondary N) is 2. The van der Waals surface area contributed by atoms with Crippen LogP contribution in [0.5, 0.6) is 0 Å². The molecule has 2 saturated heterocycles. The first-order valence-electron chi connectivity index (χ1n) is 9.38. The Morgan fingerprint density at radius 1 is 1.29 bits per heavy atom. The van der Waals surface area contributed by atoms with Gasteiger partial charge >= 0.3 is 0 Å². The highest BCUT2D eigenvalue weighted by atomic mass is 16.5. The zero-order chi connectivity index (χ0) is 16.8. The number of hydrogen-bond donors (Lipinski definition) is 2. The minimum Gasteiger partial charge on any atom is -0.373 e. The Bertz CT molecular complexity index is 523. The average Bonchev–Trinajstić information content (AvgIpc) is 3.13. The van der Waals surface area contributed by atoms with Gasteiger partial charge in [-0.2, -0.15) is 0 Å². The van der Waals surface area contributed by atoms with Crippen molar-refractivity contribution in [2.24, 2.45) is 11.8 Å². The molecule has 0 saturated carbocycles. The number of hydrogen-bond acceptors (Lipinski definition) is 3. The summed E-state index contributed by atoms with van der Waals surface area (Å²) in [6, 6.07) is 8.59. The number of ether oxygens (including phenoxy) is 1. The van der Waals surface area contributed by atoms with Crippen LogP contribution in [0.25, 0.3) is 0 Å². The first kappa shape index (κ1) is 17.4. The van der Waals surface area contributed by atoms with Gasteiger partial charge in [0.05, 0.1) is 6.10 Å². The van der Waals surface area contributed by atoms with Crippen LogP contribution in [0.2, 0.25) is 0 Å². The van der Waals surface area contributed by atoms with Crippen molar-refractivity contribution in [3.63, 3.8) is 0 Å². The molecule has 0 bridgehead atoms. The summed E-state index contributed by atoms with van der Waals surface area (Å²) >= 11 is 0. The van der Waals surface area contributed by atoms with Gasteiger partial charge in [-0.3, -0.25) is 4.79 Å². The van der Waals surface area contributed by atoms with E-state index in [4.69, 9.17) is 4.74 Å². The second-order valence-corrected chi connectivity index (χ2v) is 7.31. The summed E-state index contributed by atoms with van der Waals surface area (Å²) < 4.78 is 6.03. The molecule has 2 N–H and O–H groups in total. The van der Waals surface area contributed by atoms with E-state index in [9.17, 15) is 4.79 Å². The van der Waals surface area contributed by atoms with Crippen molar-refractivity contribution in [1.82, 2.24) is 10.6 Å². The van der Waals surface area contributed by atoms with Gasteiger partial charge in [0.2, 0.25) is 5.91 Å². The molecule has 1 aromatic carbocycles. The van der Waals surface area contributed by atoms with Gasteiger partial charge in [0.15, 0.2) is 0 Å². The van der Waals surface area contributed by atoms with E-state index >= 15 is 0 Å². The summed E-state index contributed by atoms with van der Waals surface area (Å²) in [4.78, 5) is 12.2. The van der Waals surface area contributed by atoms with E-state index in [-0.39, 0.29) is 12.0 Å². The van der Waals surface area contributed by atoms with Crippen molar-refractivity contribution >= 4 is 5.91 Å². The highest BCUT2D eigenvalue weighted by molar-refractivity contribution is 5.75. The lowest BCUT2D eigenvalue weighted by Gasteiger charge is -2.32. The number of carbonyl (C=O) groups excluding carboxylic acids is 1. The zero-order valence-electron chi connectivity index (χ0n) is 14.7. The van der Waals surface area contributed by atoms with Crippen LogP contribution in [0.4, 0.5) is 0 Å². The first-order valence-corrected chi connectivity index (χ1v) is 9.38. The van der Waals surface area contributed by atoms with Gasteiger partial charge < -0.3 is 15.4 Å². The van der Waals surface area contributed by atoms with Crippen LogP contribution >= 0.6 is 0 Å². The molecule has 1 amide bonds. The van der Waals surface area contributed by atoms with Gasteiger partial charge in [-0.05, 0) is 57.2 Å². The van der Waals surface area contributed by atoms with E-state index in [2.05, 4.69) is 41.8 Å². The summed E-state index contributed by atoms with van der Waals surface area (Å²) in [5.74, 6) is 1.24. The minimum atomic E-state index is 0.110. The third-order valence-corrected chi connectivity index (χ3v) is 5.35. The van der Waals surface area contributed by atoms with Crippen LogP contribution in [-0.4, -0.2) is 32.1 Å². The second-order valence-electron chi connectivity index (χ2n) is 7.31. The van der Waals surface area contributed by atoms with Crippen molar-refractivity contribution in [3.05, 3.63) is 35.4 Å². The Morgan fingerprint density at radius 3 is 2.88 bits per heavy atom. The van der Waals surface area contributed by atoms with Crippen molar-refractivity contribution in [2.45, 2.75) is 45.1 Å². The topological polar surface area (TPSA) is 50.4 Å². The lowest BCUT2D eigenvalue weighted by Crippen LogP contribution is -2.35. The molecule has 2 aliphatic rings. The monoisotopic (exact) mass is 330 g/mol. The summed E-state index contributed by atoms with van der Waals surface area (Å²) in [5.41, 5.74) is 2.50. The fourth-order valence-electron chi connectivity index (χ4n) is 3.81. The molecule has 3 unspecified atom stereocenters. The SMILES string of the molecule is Cc1ccc(C2OCCCC2CNC(=O)CCC2CCNC2)cc1. The van der Waals surface area contributed by atoms with E-state index in [0.29, 0.717) is 18.3 Å². The van der Waals surface area contributed by atoms with Crippen molar-refractivity contribution in [3.8, 4) is 0 Å². The highest BCUT2D eigenvalue weighted by Gasteiger charge is 2.27. The Morgan fingerprint density at radius 2 is 2.12 bits per heavy atom. The molecule has 2 fully saturated rings. The molecule has 4 heteroatoms. The summed E-state index contributed by atoms with van der Waals surface area (Å²) in [7, 11) is 0. The molecule has 3 rings (SSSR count). The molecule has 0 aromatic heterocycles. The van der Waals surface area contributed by atoms with Crippen molar-refractivity contribution < 1.29 is 9.53 Å². The summed E-state index contributed by atoms with van der Waals surface area (Å²) in [6.45, 7) is 5.81. The molecule has 132 valence electrons. The Hall–Kier alpha value is -1.39.